The predicted octanol–water partition coefficient (Wildman–Crippen LogP) is 4.08. The number of carbonyl (C=O) groups excluding carboxylic acids is 1. The van der Waals surface area contributed by atoms with Crippen LogP contribution >= 0.6 is 0 Å². The van der Waals surface area contributed by atoms with E-state index in [1.165, 1.54) is 12.1 Å². The number of nitro groups is 1. The van der Waals surface area contributed by atoms with Crippen LogP contribution in [0.1, 0.15) is 28.9 Å². The molecule has 1 N–H and O–H groups in total. The van der Waals surface area contributed by atoms with Crippen LogP contribution in [0.4, 0.5) is 11.4 Å². The quantitative estimate of drug-likeness (QED) is 0.511. The molecule has 1 unspecified atom stereocenters. The first-order valence-electron chi connectivity index (χ1n) is 9.94. The van der Waals surface area contributed by atoms with Crippen molar-refractivity contribution in [3.63, 3.8) is 0 Å². The smallest absolute Gasteiger partial charge is 0.270 e. The number of benzene rings is 3. The number of hydrogen-bond acceptors (Lipinski definition) is 5. The predicted molar refractivity (Wildman–Crippen MR) is 116 cm³/mol. The molecule has 0 bridgehead atoms. The van der Waals surface area contributed by atoms with Crippen LogP contribution in [0.3, 0.4) is 0 Å². The number of fused-ring (bicyclic) bond motifs is 1. The number of rotatable bonds is 5. The van der Waals surface area contributed by atoms with Gasteiger partial charge in [-0.15, -0.1) is 0 Å². The maximum Gasteiger partial charge on any atom is 0.270 e. The fourth-order valence-corrected chi connectivity index (χ4v) is 3.88. The molecule has 1 saturated heterocycles. The number of ether oxygens (including phenoxy) is 1. The van der Waals surface area contributed by atoms with Crippen LogP contribution in [0.5, 0.6) is 0 Å². The highest BCUT2D eigenvalue weighted by Crippen LogP contribution is 2.28. The van der Waals surface area contributed by atoms with E-state index in [9.17, 15) is 14.9 Å². The molecule has 0 radical (unpaired) electrons. The molecule has 1 heterocycles. The zero-order valence-electron chi connectivity index (χ0n) is 16.7. The van der Waals surface area contributed by atoms with Crippen molar-refractivity contribution in [1.82, 2.24) is 5.32 Å². The van der Waals surface area contributed by atoms with Crippen molar-refractivity contribution >= 4 is 28.1 Å². The molecular weight excluding hydrogens is 382 g/mol. The van der Waals surface area contributed by atoms with E-state index >= 15 is 0 Å². The van der Waals surface area contributed by atoms with Gasteiger partial charge in [0.05, 0.1) is 35.4 Å². The number of hydrogen-bond donors (Lipinski definition) is 1. The standard InChI is InChI=1S/C23H23N3O4/c1-16(19-8-4-6-17-5-2-3-7-20(17)19)24-23(27)21-15-18(26(28)29)9-10-22(21)25-11-13-30-14-12-25/h2-10,15-16H,11-14H2,1H3,(H,24,27). The molecule has 1 aliphatic heterocycles. The highest BCUT2D eigenvalue weighted by molar-refractivity contribution is 6.01. The Labute approximate surface area is 174 Å². The van der Waals surface area contributed by atoms with E-state index in [0.29, 0.717) is 37.6 Å². The molecule has 1 fully saturated rings. The summed E-state index contributed by atoms with van der Waals surface area (Å²) < 4.78 is 5.40. The maximum atomic E-state index is 13.2. The van der Waals surface area contributed by atoms with Crippen LogP contribution in [-0.4, -0.2) is 37.1 Å². The van der Waals surface area contributed by atoms with Crippen LogP contribution in [0, 0.1) is 10.1 Å². The fourth-order valence-electron chi connectivity index (χ4n) is 3.88. The van der Waals surface area contributed by atoms with Crippen molar-refractivity contribution in [2.24, 2.45) is 0 Å². The van der Waals surface area contributed by atoms with Gasteiger partial charge in [0.2, 0.25) is 0 Å². The van der Waals surface area contributed by atoms with Gasteiger partial charge < -0.3 is 15.0 Å². The van der Waals surface area contributed by atoms with E-state index in [-0.39, 0.29) is 17.6 Å². The summed E-state index contributed by atoms with van der Waals surface area (Å²) in [5.74, 6) is -0.333. The second-order valence-electron chi connectivity index (χ2n) is 7.32. The van der Waals surface area contributed by atoms with Gasteiger partial charge in [0, 0.05) is 25.2 Å². The van der Waals surface area contributed by atoms with E-state index in [1.807, 2.05) is 54.3 Å². The molecule has 7 nitrogen and oxygen atoms in total. The molecule has 1 aliphatic rings. The monoisotopic (exact) mass is 405 g/mol. The van der Waals surface area contributed by atoms with Crippen molar-refractivity contribution in [1.29, 1.82) is 0 Å². The van der Waals surface area contributed by atoms with Gasteiger partial charge in [0.15, 0.2) is 0 Å². The molecule has 3 aromatic rings. The molecular formula is C23H23N3O4. The lowest BCUT2D eigenvalue weighted by Gasteiger charge is -2.30. The summed E-state index contributed by atoms with van der Waals surface area (Å²) in [7, 11) is 0. The first kappa shape index (κ1) is 19.8. The normalized spacial score (nSPS) is 15.0. The summed E-state index contributed by atoms with van der Waals surface area (Å²) in [5, 5.41) is 16.5. The SMILES string of the molecule is CC(NC(=O)c1cc([N+](=O)[O-])ccc1N1CCOCC1)c1cccc2ccccc12. The van der Waals surface area contributed by atoms with Gasteiger partial charge in [-0.25, -0.2) is 0 Å². The van der Waals surface area contributed by atoms with Crippen LogP contribution < -0.4 is 10.2 Å². The highest BCUT2D eigenvalue weighted by atomic mass is 16.6. The zero-order valence-corrected chi connectivity index (χ0v) is 16.7. The number of nitro benzene ring substituents is 1. The Morgan fingerprint density at radius 3 is 2.60 bits per heavy atom. The Hall–Kier alpha value is -3.45. The van der Waals surface area contributed by atoms with Gasteiger partial charge >= 0.3 is 0 Å². The fraction of sp³-hybridized carbons (Fsp3) is 0.261. The van der Waals surface area contributed by atoms with E-state index < -0.39 is 4.92 Å². The van der Waals surface area contributed by atoms with Gasteiger partial charge in [-0.2, -0.15) is 0 Å². The van der Waals surface area contributed by atoms with E-state index in [4.69, 9.17) is 4.74 Å². The van der Waals surface area contributed by atoms with Gasteiger partial charge in [-0.05, 0) is 29.3 Å². The third-order valence-electron chi connectivity index (χ3n) is 5.42. The Balaban J connectivity index is 1.66. The van der Waals surface area contributed by atoms with Crippen molar-refractivity contribution < 1.29 is 14.5 Å². The number of carbonyl (C=O) groups is 1. The highest BCUT2D eigenvalue weighted by Gasteiger charge is 2.23. The molecule has 154 valence electrons. The van der Waals surface area contributed by atoms with E-state index in [1.54, 1.807) is 6.07 Å². The van der Waals surface area contributed by atoms with E-state index in [0.717, 1.165) is 16.3 Å². The Morgan fingerprint density at radius 2 is 1.83 bits per heavy atom. The Kier molecular flexibility index (Phi) is 5.63. The maximum absolute atomic E-state index is 13.2. The summed E-state index contributed by atoms with van der Waals surface area (Å²) in [6, 6.07) is 18.2. The van der Waals surface area contributed by atoms with E-state index in [2.05, 4.69) is 5.32 Å². The second kappa shape index (κ2) is 8.51. The summed E-state index contributed by atoms with van der Waals surface area (Å²) in [6.45, 7) is 4.31. The van der Waals surface area contributed by atoms with Crippen LogP contribution in [0.2, 0.25) is 0 Å². The molecule has 4 rings (SSSR count). The van der Waals surface area contributed by atoms with Gasteiger partial charge in [0.25, 0.3) is 11.6 Å². The summed E-state index contributed by atoms with van der Waals surface area (Å²) in [6.07, 6.45) is 0. The Morgan fingerprint density at radius 1 is 1.10 bits per heavy atom. The molecule has 1 amide bonds. The largest absolute Gasteiger partial charge is 0.378 e. The number of morpholine rings is 1. The number of nitrogens with one attached hydrogen (secondary N) is 1. The lowest BCUT2D eigenvalue weighted by Crippen LogP contribution is -2.38. The van der Waals surface area contributed by atoms with Crippen molar-refractivity contribution in [2.45, 2.75) is 13.0 Å². The van der Waals surface area contributed by atoms with Crippen molar-refractivity contribution in [2.75, 3.05) is 31.2 Å². The minimum atomic E-state index is -0.478. The van der Waals surface area contributed by atoms with Gasteiger partial charge in [-0.3, -0.25) is 14.9 Å². The van der Waals surface area contributed by atoms with Crippen molar-refractivity contribution in [3.05, 3.63) is 81.9 Å². The molecule has 7 heteroatoms. The third-order valence-corrected chi connectivity index (χ3v) is 5.42. The lowest BCUT2D eigenvalue weighted by molar-refractivity contribution is -0.384. The molecule has 1 atom stereocenters. The van der Waals surface area contributed by atoms with Crippen molar-refractivity contribution in [3.8, 4) is 0 Å². The molecule has 3 aromatic carbocycles. The minimum Gasteiger partial charge on any atom is -0.378 e. The summed E-state index contributed by atoms with van der Waals surface area (Å²) >= 11 is 0. The Bertz CT molecular complexity index is 1090. The summed E-state index contributed by atoms with van der Waals surface area (Å²) in [5.41, 5.74) is 1.89. The average Bonchev–Trinajstić information content (AvgIpc) is 2.78. The van der Waals surface area contributed by atoms with Crippen LogP contribution in [0.15, 0.2) is 60.7 Å². The molecule has 0 aliphatic carbocycles. The molecule has 0 saturated carbocycles. The minimum absolute atomic E-state index is 0.102. The topological polar surface area (TPSA) is 84.7 Å². The number of amides is 1. The van der Waals surface area contributed by atoms with Gasteiger partial charge in [0.1, 0.15) is 0 Å². The van der Waals surface area contributed by atoms with Crippen LogP contribution in [-0.2, 0) is 4.74 Å². The zero-order chi connectivity index (χ0) is 21.1. The number of non-ortho nitro benzene ring substituents is 1. The molecule has 30 heavy (non-hydrogen) atoms. The van der Waals surface area contributed by atoms with Crippen LogP contribution in [0.25, 0.3) is 10.8 Å². The lowest BCUT2D eigenvalue weighted by atomic mass is 9.99. The average molecular weight is 405 g/mol. The molecule has 0 spiro atoms. The second-order valence-corrected chi connectivity index (χ2v) is 7.32. The van der Waals surface area contributed by atoms with Gasteiger partial charge in [-0.1, -0.05) is 42.5 Å². The first-order chi connectivity index (χ1) is 14.5. The third kappa shape index (κ3) is 3.97. The molecule has 0 aromatic heterocycles. The number of nitrogens with zero attached hydrogens (tertiary/aromatic N) is 2. The number of anilines is 1. The first-order valence-corrected chi connectivity index (χ1v) is 9.94. The summed E-state index contributed by atoms with van der Waals surface area (Å²) in [4.78, 5) is 26.1.